The number of nitrogens with one attached hydrogen (secondary N) is 1. The van der Waals surface area contributed by atoms with Crippen molar-refractivity contribution in [3.8, 4) is 0 Å². The van der Waals surface area contributed by atoms with E-state index in [0.717, 1.165) is 29.0 Å². The molecular formula is C14H21N5. The predicted octanol–water partition coefficient (Wildman–Crippen LogP) is 1.78. The van der Waals surface area contributed by atoms with Gasteiger partial charge in [0.2, 0.25) is 0 Å². The van der Waals surface area contributed by atoms with Gasteiger partial charge >= 0.3 is 0 Å². The smallest absolute Gasteiger partial charge is 0.157 e. The molecule has 0 aliphatic carbocycles. The molecule has 2 aromatic rings. The molecule has 1 aliphatic heterocycles. The number of pyridine rings is 1. The Morgan fingerprint density at radius 3 is 2.84 bits per heavy atom. The second kappa shape index (κ2) is 4.49. The average molecular weight is 259 g/mol. The molecule has 3 heterocycles. The van der Waals surface area contributed by atoms with Crippen molar-refractivity contribution in [3.63, 3.8) is 0 Å². The summed E-state index contributed by atoms with van der Waals surface area (Å²) in [5.41, 5.74) is 3.07. The van der Waals surface area contributed by atoms with Gasteiger partial charge in [0.15, 0.2) is 5.65 Å². The van der Waals surface area contributed by atoms with Gasteiger partial charge in [-0.05, 0) is 33.4 Å². The quantitative estimate of drug-likeness (QED) is 0.893. The number of hydrogen-bond donors (Lipinski definition) is 1. The number of fused-ring (bicyclic) bond motifs is 1. The maximum atomic E-state index is 4.51. The van der Waals surface area contributed by atoms with E-state index in [4.69, 9.17) is 0 Å². The van der Waals surface area contributed by atoms with Gasteiger partial charge in [-0.3, -0.25) is 4.68 Å². The zero-order chi connectivity index (χ0) is 13.6. The van der Waals surface area contributed by atoms with Crippen molar-refractivity contribution in [2.24, 2.45) is 7.05 Å². The van der Waals surface area contributed by atoms with E-state index in [2.05, 4.69) is 40.3 Å². The molecule has 2 atom stereocenters. The minimum Gasteiger partial charge on any atom is -0.380 e. The molecule has 0 bridgehead atoms. The Bertz CT molecular complexity index is 593. The van der Waals surface area contributed by atoms with Crippen LogP contribution in [0.1, 0.15) is 19.0 Å². The summed E-state index contributed by atoms with van der Waals surface area (Å²) in [5.74, 6) is 0. The van der Waals surface area contributed by atoms with Crippen molar-refractivity contribution in [1.82, 2.24) is 19.7 Å². The fourth-order valence-electron chi connectivity index (χ4n) is 2.92. The molecule has 1 N–H and O–H groups in total. The maximum Gasteiger partial charge on any atom is 0.157 e. The number of nitrogens with zero attached hydrogens (tertiary/aromatic N) is 4. The zero-order valence-corrected chi connectivity index (χ0v) is 12.0. The third-order valence-corrected chi connectivity index (χ3v) is 4.12. The Balaban J connectivity index is 1.84. The molecule has 0 spiro atoms. The molecule has 5 nitrogen and oxygen atoms in total. The lowest BCUT2D eigenvalue weighted by atomic mass is 10.2. The van der Waals surface area contributed by atoms with Crippen molar-refractivity contribution in [1.29, 1.82) is 0 Å². The largest absolute Gasteiger partial charge is 0.380 e. The van der Waals surface area contributed by atoms with Gasteiger partial charge in [0.05, 0.1) is 17.6 Å². The molecule has 3 rings (SSSR count). The van der Waals surface area contributed by atoms with E-state index in [-0.39, 0.29) is 0 Å². The fraction of sp³-hybridized carbons (Fsp3) is 0.571. The van der Waals surface area contributed by atoms with Crippen LogP contribution in [0, 0.1) is 6.92 Å². The topological polar surface area (TPSA) is 46.0 Å². The van der Waals surface area contributed by atoms with Crippen LogP contribution in [-0.2, 0) is 7.05 Å². The van der Waals surface area contributed by atoms with Gasteiger partial charge in [0.1, 0.15) is 0 Å². The van der Waals surface area contributed by atoms with E-state index in [1.54, 1.807) is 0 Å². The summed E-state index contributed by atoms with van der Waals surface area (Å²) in [6, 6.07) is 3.32. The number of rotatable bonds is 2. The molecule has 1 saturated heterocycles. The third kappa shape index (κ3) is 2.18. The standard InChI is InChI=1S/C14H21N5/c1-9-5-12(8-18(9)3)16-11-6-13-10(2)17-19(4)14(13)15-7-11/h6-7,9,12,16H,5,8H2,1-4H3. The molecule has 1 aliphatic rings. The summed E-state index contributed by atoms with van der Waals surface area (Å²) >= 11 is 0. The Kier molecular flexibility index (Phi) is 2.93. The number of hydrogen-bond acceptors (Lipinski definition) is 4. The first-order valence-corrected chi connectivity index (χ1v) is 6.80. The highest BCUT2D eigenvalue weighted by atomic mass is 15.3. The van der Waals surface area contributed by atoms with Crippen LogP contribution in [0.2, 0.25) is 0 Å². The van der Waals surface area contributed by atoms with Gasteiger partial charge in [-0.25, -0.2) is 4.98 Å². The molecule has 5 heteroatoms. The minimum atomic E-state index is 0.510. The normalized spacial score (nSPS) is 24.2. The van der Waals surface area contributed by atoms with E-state index in [0.29, 0.717) is 12.1 Å². The second-order valence-corrected chi connectivity index (χ2v) is 5.67. The van der Waals surface area contributed by atoms with Crippen LogP contribution < -0.4 is 5.32 Å². The van der Waals surface area contributed by atoms with Crippen LogP contribution >= 0.6 is 0 Å². The van der Waals surface area contributed by atoms with Gasteiger partial charge in [-0.15, -0.1) is 0 Å². The van der Waals surface area contributed by atoms with Crippen LogP contribution in [0.5, 0.6) is 0 Å². The van der Waals surface area contributed by atoms with Crippen molar-refractivity contribution >= 4 is 16.7 Å². The molecule has 0 aromatic carbocycles. The fourth-order valence-corrected chi connectivity index (χ4v) is 2.92. The lowest BCUT2D eigenvalue weighted by molar-refractivity contribution is 0.330. The van der Waals surface area contributed by atoms with E-state index >= 15 is 0 Å². The lowest BCUT2D eigenvalue weighted by Gasteiger charge is -2.14. The summed E-state index contributed by atoms with van der Waals surface area (Å²) < 4.78 is 1.83. The third-order valence-electron chi connectivity index (χ3n) is 4.12. The number of likely N-dealkylation sites (N-methyl/N-ethyl adjacent to an activating group) is 1. The maximum absolute atomic E-state index is 4.51. The molecule has 1 fully saturated rings. The lowest BCUT2D eigenvalue weighted by Crippen LogP contribution is -2.24. The highest BCUT2D eigenvalue weighted by Crippen LogP contribution is 2.23. The van der Waals surface area contributed by atoms with Crippen LogP contribution in [-0.4, -0.2) is 45.3 Å². The molecule has 19 heavy (non-hydrogen) atoms. The molecule has 2 aromatic heterocycles. The summed E-state index contributed by atoms with van der Waals surface area (Å²) in [6.07, 6.45) is 3.09. The summed E-state index contributed by atoms with van der Waals surface area (Å²) in [7, 11) is 4.11. The Morgan fingerprint density at radius 1 is 1.37 bits per heavy atom. The van der Waals surface area contributed by atoms with Crippen LogP contribution in [0.3, 0.4) is 0 Å². The minimum absolute atomic E-state index is 0.510. The molecule has 0 radical (unpaired) electrons. The van der Waals surface area contributed by atoms with Gasteiger partial charge in [-0.1, -0.05) is 0 Å². The van der Waals surface area contributed by atoms with Crippen molar-refractivity contribution in [3.05, 3.63) is 18.0 Å². The number of anilines is 1. The van der Waals surface area contributed by atoms with E-state index in [1.807, 2.05) is 24.9 Å². The number of aryl methyl sites for hydroxylation is 2. The molecular weight excluding hydrogens is 238 g/mol. The first-order valence-electron chi connectivity index (χ1n) is 6.80. The van der Waals surface area contributed by atoms with E-state index < -0.39 is 0 Å². The molecule has 102 valence electrons. The number of aromatic nitrogens is 3. The molecule has 2 unspecified atom stereocenters. The van der Waals surface area contributed by atoms with Gasteiger partial charge < -0.3 is 10.2 Å². The van der Waals surface area contributed by atoms with E-state index in [1.165, 1.54) is 6.42 Å². The van der Waals surface area contributed by atoms with Gasteiger partial charge in [-0.2, -0.15) is 5.10 Å². The zero-order valence-electron chi connectivity index (χ0n) is 12.0. The predicted molar refractivity (Wildman–Crippen MR) is 77.4 cm³/mol. The summed E-state index contributed by atoms with van der Waals surface area (Å²) in [4.78, 5) is 6.89. The van der Waals surface area contributed by atoms with Crippen LogP contribution in [0.15, 0.2) is 12.3 Å². The Hall–Kier alpha value is -1.62. The second-order valence-electron chi connectivity index (χ2n) is 5.67. The van der Waals surface area contributed by atoms with Crippen molar-refractivity contribution in [2.45, 2.75) is 32.4 Å². The van der Waals surface area contributed by atoms with Crippen LogP contribution in [0.25, 0.3) is 11.0 Å². The Morgan fingerprint density at radius 2 is 2.16 bits per heavy atom. The monoisotopic (exact) mass is 259 g/mol. The van der Waals surface area contributed by atoms with Gasteiger partial charge in [0, 0.05) is 31.1 Å². The van der Waals surface area contributed by atoms with Crippen molar-refractivity contribution < 1.29 is 0 Å². The highest BCUT2D eigenvalue weighted by Gasteiger charge is 2.25. The Labute approximate surface area is 113 Å². The summed E-state index contributed by atoms with van der Waals surface area (Å²) in [5, 5.41) is 9.13. The van der Waals surface area contributed by atoms with E-state index in [9.17, 15) is 0 Å². The highest BCUT2D eigenvalue weighted by molar-refractivity contribution is 5.81. The average Bonchev–Trinajstić information content (AvgIpc) is 2.81. The first-order chi connectivity index (χ1) is 9.04. The van der Waals surface area contributed by atoms with Crippen molar-refractivity contribution in [2.75, 3.05) is 18.9 Å². The molecule has 0 amide bonds. The van der Waals surface area contributed by atoms with Crippen LogP contribution in [0.4, 0.5) is 5.69 Å². The van der Waals surface area contributed by atoms with Gasteiger partial charge in [0.25, 0.3) is 0 Å². The first kappa shape index (κ1) is 12.4. The summed E-state index contributed by atoms with van der Waals surface area (Å²) in [6.45, 7) is 5.39. The molecule has 0 saturated carbocycles. The number of likely N-dealkylation sites (tertiary alicyclic amines) is 1. The SMILES string of the molecule is Cc1nn(C)c2ncc(NC3CC(C)N(C)C3)cc12.